The molecule has 2 fully saturated rings. The summed E-state index contributed by atoms with van der Waals surface area (Å²) < 4.78 is 5.77. The summed E-state index contributed by atoms with van der Waals surface area (Å²) in [6, 6.07) is 5.34. The van der Waals surface area contributed by atoms with Gasteiger partial charge in [-0.15, -0.1) is 0 Å². The molecule has 8 heteroatoms. The summed E-state index contributed by atoms with van der Waals surface area (Å²) in [7, 11) is 0. The molecular weight excluding hydrogens is 358 g/mol. The molecule has 0 atom stereocenters. The maximum atomic E-state index is 12.8. The molecular formula is C20H27N5O3. The SMILES string of the molecule is CCCCCCN1CC2(CCN(C(=O)c3ccc4n[nH]nc4c3)CC2)OC1=O. The molecule has 2 aliphatic rings. The van der Waals surface area contributed by atoms with E-state index in [1.807, 2.05) is 9.80 Å². The zero-order chi connectivity index (χ0) is 19.6. The lowest BCUT2D eigenvalue weighted by Gasteiger charge is -2.37. The Bertz CT molecular complexity index is 856. The molecule has 0 unspecified atom stereocenters. The number of fused-ring (bicyclic) bond motifs is 1. The minimum atomic E-state index is -0.436. The van der Waals surface area contributed by atoms with Crippen LogP contribution in [0.4, 0.5) is 4.79 Å². The lowest BCUT2D eigenvalue weighted by atomic mass is 9.91. The normalized spacial score (nSPS) is 18.8. The molecule has 0 radical (unpaired) electrons. The fourth-order valence-electron chi connectivity index (χ4n) is 4.13. The van der Waals surface area contributed by atoms with Gasteiger partial charge in [0.15, 0.2) is 0 Å². The Labute approximate surface area is 164 Å². The number of likely N-dealkylation sites (tertiary alicyclic amines) is 1. The molecule has 150 valence electrons. The molecule has 2 aliphatic heterocycles. The largest absolute Gasteiger partial charge is 0.441 e. The van der Waals surface area contributed by atoms with Gasteiger partial charge in [0.25, 0.3) is 5.91 Å². The Morgan fingerprint density at radius 1 is 1.18 bits per heavy atom. The van der Waals surface area contributed by atoms with Gasteiger partial charge < -0.3 is 14.5 Å². The number of carbonyl (C=O) groups is 2. The summed E-state index contributed by atoms with van der Waals surface area (Å²) >= 11 is 0. The summed E-state index contributed by atoms with van der Waals surface area (Å²) in [5, 5.41) is 10.6. The fraction of sp³-hybridized carbons (Fsp3) is 0.600. The zero-order valence-corrected chi connectivity index (χ0v) is 16.3. The second kappa shape index (κ2) is 7.77. The van der Waals surface area contributed by atoms with Gasteiger partial charge in [-0.25, -0.2) is 4.79 Å². The van der Waals surface area contributed by atoms with Crippen molar-refractivity contribution < 1.29 is 14.3 Å². The number of carbonyl (C=O) groups excluding carboxylic acids is 2. The summed E-state index contributed by atoms with van der Waals surface area (Å²) in [6.45, 7) is 4.77. The molecule has 8 nitrogen and oxygen atoms in total. The van der Waals surface area contributed by atoms with E-state index in [9.17, 15) is 9.59 Å². The molecule has 1 aromatic carbocycles. The van der Waals surface area contributed by atoms with Crippen molar-refractivity contribution in [3.8, 4) is 0 Å². The number of rotatable bonds is 6. The van der Waals surface area contributed by atoms with Gasteiger partial charge in [-0.2, -0.15) is 15.4 Å². The number of aromatic nitrogens is 3. The highest BCUT2D eigenvalue weighted by Crippen LogP contribution is 2.34. The fourth-order valence-corrected chi connectivity index (χ4v) is 4.13. The van der Waals surface area contributed by atoms with Crippen LogP contribution in [0.1, 0.15) is 55.8 Å². The molecule has 0 aliphatic carbocycles. The van der Waals surface area contributed by atoms with Crippen LogP contribution in [0.3, 0.4) is 0 Å². The van der Waals surface area contributed by atoms with Crippen molar-refractivity contribution >= 4 is 23.0 Å². The number of ether oxygens (including phenoxy) is 1. The highest BCUT2D eigenvalue weighted by atomic mass is 16.6. The van der Waals surface area contributed by atoms with E-state index in [0.29, 0.717) is 43.6 Å². The Kier molecular flexibility index (Phi) is 5.19. The van der Waals surface area contributed by atoms with Gasteiger partial charge in [-0.05, 0) is 24.6 Å². The van der Waals surface area contributed by atoms with Crippen molar-refractivity contribution in [3.63, 3.8) is 0 Å². The van der Waals surface area contributed by atoms with E-state index >= 15 is 0 Å². The van der Waals surface area contributed by atoms with Crippen molar-refractivity contribution in [2.75, 3.05) is 26.2 Å². The first-order valence-corrected chi connectivity index (χ1v) is 10.2. The van der Waals surface area contributed by atoms with Crippen molar-refractivity contribution in [2.45, 2.75) is 51.0 Å². The highest BCUT2D eigenvalue weighted by Gasteiger charge is 2.47. The van der Waals surface area contributed by atoms with Crippen LogP contribution in [-0.2, 0) is 4.74 Å². The summed E-state index contributed by atoms with van der Waals surface area (Å²) in [4.78, 5) is 28.8. The maximum absolute atomic E-state index is 12.8. The number of nitrogens with one attached hydrogen (secondary N) is 1. The second-order valence-corrected chi connectivity index (χ2v) is 7.85. The van der Waals surface area contributed by atoms with E-state index in [1.54, 1.807) is 18.2 Å². The molecule has 1 N–H and O–H groups in total. The minimum Gasteiger partial charge on any atom is -0.441 e. The molecule has 0 saturated carbocycles. The third-order valence-corrected chi connectivity index (χ3v) is 5.85. The predicted octanol–water partition coefficient (Wildman–Crippen LogP) is 2.97. The Morgan fingerprint density at radius 2 is 1.96 bits per heavy atom. The van der Waals surface area contributed by atoms with E-state index < -0.39 is 5.60 Å². The molecule has 2 aromatic rings. The van der Waals surface area contributed by atoms with Crippen molar-refractivity contribution in [1.29, 1.82) is 0 Å². The van der Waals surface area contributed by atoms with Crippen molar-refractivity contribution in [3.05, 3.63) is 23.8 Å². The maximum Gasteiger partial charge on any atom is 0.410 e. The Morgan fingerprint density at radius 3 is 2.75 bits per heavy atom. The Balaban J connectivity index is 1.33. The Hall–Kier alpha value is -2.64. The lowest BCUT2D eigenvalue weighted by Crippen LogP contribution is -2.48. The van der Waals surface area contributed by atoms with Gasteiger partial charge in [0.1, 0.15) is 16.6 Å². The van der Waals surface area contributed by atoms with Crippen LogP contribution in [0, 0.1) is 0 Å². The third kappa shape index (κ3) is 3.68. The van der Waals surface area contributed by atoms with Crippen LogP contribution < -0.4 is 0 Å². The number of nitrogens with zero attached hydrogens (tertiary/aromatic N) is 4. The summed E-state index contributed by atoms with van der Waals surface area (Å²) in [5.41, 5.74) is 1.60. The number of H-pyrrole nitrogens is 1. The quantitative estimate of drug-likeness (QED) is 0.772. The topological polar surface area (TPSA) is 91.4 Å². The number of aromatic amines is 1. The van der Waals surface area contributed by atoms with Crippen molar-refractivity contribution in [2.24, 2.45) is 0 Å². The average Bonchev–Trinajstić information content (AvgIpc) is 3.29. The summed E-state index contributed by atoms with van der Waals surface area (Å²) in [5.74, 6) is -0.0134. The van der Waals surface area contributed by atoms with E-state index in [2.05, 4.69) is 22.3 Å². The number of benzene rings is 1. The first kappa shape index (κ1) is 18.7. The van der Waals surface area contributed by atoms with E-state index in [1.165, 1.54) is 12.8 Å². The van der Waals surface area contributed by atoms with Crippen LogP contribution in [0.25, 0.3) is 11.0 Å². The number of unbranched alkanes of at least 4 members (excludes halogenated alkanes) is 3. The number of piperidine rings is 1. The number of hydrogen-bond acceptors (Lipinski definition) is 5. The molecule has 2 amide bonds. The zero-order valence-electron chi connectivity index (χ0n) is 16.3. The van der Waals surface area contributed by atoms with Gasteiger partial charge >= 0.3 is 6.09 Å². The van der Waals surface area contributed by atoms with Crippen molar-refractivity contribution in [1.82, 2.24) is 25.2 Å². The van der Waals surface area contributed by atoms with E-state index in [4.69, 9.17) is 4.74 Å². The van der Waals surface area contributed by atoms with Crippen LogP contribution in [0.15, 0.2) is 18.2 Å². The van der Waals surface area contributed by atoms with Gasteiger partial charge in [0, 0.05) is 38.0 Å². The van der Waals surface area contributed by atoms with Gasteiger partial charge in [-0.1, -0.05) is 26.2 Å². The summed E-state index contributed by atoms with van der Waals surface area (Å²) in [6.07, 6.45) is 5.71. The monoisotopic (exact) mass is 385 g/mol. The molecule has 1 spiro atoms. The van der Waals surface area contributed by atoms with E-state index in [-0.39, 0.29) is 12.0 Å². The molecule has 28 heavy (non-hydrogen) atoms. The van der Waals surface area contributed by atoms with E-state index in [0.717, 1.165) is 24.9 Å². The standard InChI is InChI=1S/C20H27N5O3/c1-2-3-4-5-10-25-14-20(28-19(25)27)8-11-24(12-9-20)18(26)15-6-7-16-17(13-15)22-23-21-16/h6-7,13H,2-5,8-12,14H2,1H3,(H,21,22,23). The van der Waals surface area contributed by atoms with Gasteiger partial charge in [-0.3, -0.25) is 4.79 Å². The molecule has 4 rings (SSSR count). The first-order chi connectivity index (χ1) is 13.6. The first-order valence-electron chi connectivity index (χ1n) is 10.2. The molecule has 2 saturated heterocycles. The molecule has 0 bridgehead atoms. The van der Waals surface area contributed by atoms with Crippen LogP contribution >= 0.6 is 0 Å². The number of hydrogen-bond donors (Lipinski definition) is 1. The lowest BCUT2D eigenvalue weighted by molar-refractivity contribution is 0.00314. The number of amides is 2. The average molecular weight is 385 g/mol. The second-order valence-electron chi connectivity index (χ2n) is 7.85. The van der Waals surface area contributed by atoms with Crippen LogP contribution in [0.2, 0.25) is 0 Å². The minimum absolute atomic E-state index is 0.0134. The third-order valence-electron chi connectivity index (χ3n) is 5.85. The molecule has 1 aromatic heterocycles. The molecule has 3 heterocycles. The smallest absolute Gasteiger partial charge is 0.410 e. The van der Waals surface area contributed by atoms with Gasteiger partial charge in [0.2, 0.25) is 0 Å². The van der Waals surface area contributed by atoms with Gasteiger partial charge in [0.05, 0.1) is 6.54 Å². The predicted molar refractivity (Wildman–Crippen MR) is 104 cm³/mol. The van der Waals surface area contributed by atoms with Crippen LogP contribution in [0.5, 0.6) is 0 Å². The van der Waals surface area contributed by atoms with Crippen LogP contribution in [-0.4, -0.2) is 69.0 Å². The highest BCUT2D eigenvalue weighted by molar-refractivity contribution is 5.97.